The maximum Gasteiger partial charge on any atom is 0.228 e. The minimum Gasteiger partial charge on any atom is -0.487 e. The van der Waals surface area contributed by atoms with Gasteiger partial charge in [-0.1, -0.05) is 15.9 Å². The van der Waals surface area contributed by atoms with E-state index in [9.17, 15) is 9.59 Å². The average molecular weight is 298 g/mol. The second-order valence-corrected chi connectivity index (χ2v) is 4.98. The molecule has 1 N–H and O–H groups in total. The minimum absolute atomic E-state index is 0.0918. The number of hydrogen-bond donors (Lipinski definition) is 1. The molecule has 1 aliphatic heterocycles. The minimum atomic E-state index is -0.240. The predicted octanol–water partition coefficient (Wildman–Crippen LogP) is 2.76. The van der Waals surface area contributed by atoms with Gasteiger partial charge < -0.3 is 10.1 Å². The summed E-state index contributed by atoms with van der Waals surface area (Å²) >= 11 is 3.31. The van der Waals surface area contributed by atoms with Crippen molar-refractivity contribution in [3.63, 3.8) is 0 Å². The number of amides is 1. The van der Waals surface area contributed by atoms with Crippen molar-refractivity contribution in [1.29, 1.82) is 0 Å². The zero-order valence-electron chi connectivity index (χ0n) is 9.54. The fourth-order valence-corrected chi connectivity index (χ4v) is 2.24. The third kappa shape index (κ3) is 2.49. The fourth-order valence-electron chi connectivity index (χ4n) is 1.78. The van der Waals surface area contributed by atoms with Crippen LogP contribution >= 0.6 is 15.9 Å². The summed E-state index contributed by atoms with van der Waals surface area (Å²) in [6.07, 6.45) is 0.0411. The highest BCUT2D eigenvalue weighted by Gasteiger charge is 2.23. The van der Waals surface area contributed by atoms with Crippen LogP contribution in [0.25, 0.3) is 0 Å². The van der Waals surface area contributed by atoms with E-state index in [1.165, 1.54) is 6.92 Å². The van der Waals surface area contributed by atoms with Crippen molar-refractivity contribution in [3.8, 4) is 5.75 Å². The van der Waals surface area contributed by atoms with Crippen LogP contribution in [-0.2, 0) is 4.79 Å². The number of anilines is 1. The first-order chi connectivity index (χ1) is 7.97. The van der Waals surface area contributed by atoms with Gasteiger partial charge in [0.05, 0.1) is 17.7 Å². The molecule has 0 saturated carbocycles. The van der Waals surface area contributed by atoms with Gasteiger partial charge >= 0.3 is 0 Å². The van der Waals surface area contributed by atoms with E-state index in [2.05, 4.69) is 21.2 Å². The Labute approximate surface area is 107 Å². The van der Waals surface area contributed by atoms with E-state index in [4.69, 9.17) is 4.74 Å². The van der Waals surface area contributed by atoms with Gasteiger partial charge in [0.2, 0.25) is 5.91 Å². The smallest absolute Gasteiger partial charge is 0.228 e. The van der Waals surface area contributed by atoms with E-state index in [-0.39, 0.29) is 24.2 Å². The maximum absolute atomic E-state index is 11.6. The molecule has 0 aromatic heterocycles. The van der Waals surface area contributed by atoms with Gasteiger partial charge in [0.15, 0.2) is 11.5 Å². The van der Waals surface area contributed by atoms with Crippen LogP contribution in [0.3, 0.4) is 0 Å². The lowest BCUT2D eigenvalue weighted by atomic mass is 10.1. The number of halogens is 1. The second kappa shape index (κ2) is 4.49. The highest BCUT2D eigenvalue weighted by Crippen LogP contribution is 2.36. The lowest BCUT2D eigenvalue weighted by molar-refractivity contribution is -0.117. The summed E-state index contributed by atoms with van der Waals surface area (Å²) in [5.74, 6) is 0.258. The number of fused-ring (bicyclic) bond motifs is 1. The largest absolute Gasteiger partial charge is 0.487 e. The van der Waals surface area contributed by atoms with Crippen LogP contribution < -0.4 is 10.1 Å². The molecule has 0 saturated heterocycles. The Balaban J connectivity index is 2.59. The topological polar surface area (TPSA) is 55.4 Å². The van der Waals surface area contributed by atoms with E-state index in [1.54, 1.807) is 19.1 Å². The van der Waals surface area contributed by atoms with Gasteiger partial charge in [-0.25, -0.2) is 0 Å². The lowest BCUT2D eigenvalue weighted by Gasteiger charge is -2.14. The highest BCUT2D eigenvalue weighted by molar-refractivity contribution is 9.10. The number of ether oxygens (including phenoxy) is 1. The second-order valence-electron chi connectivity index (χ2n) is 4.07. The summed E-state index contributed by atoms with van der Waals surface area (Å²) in [6, 6.07) is 3.43. The van der Waals surface area contributed by atoms with Crippen LogP contribution in [0.2, 0.25) is 0 Å². The van der Waals surface area contributed by atoms with Crippen LogP contribution in [0.15, 0.2) is 16.6 Å². The molecule has 5 heteroatoms. The number of hydrogen-bond acceptors (Lipinski definition) is 3. The van der Waals surface area contributed by atoms with E-state index >= 15 is 0 Å². The molecule has 90 valence electrons. The number of rotatable bonds is 1. The summed E-state index contributed by atoms with van der Waals surface area (Å²) in [7, 11) is 0. The van der Waals surface area contributed by atoms with Crippen molar-refractivity contribution in [1.82, 2.24) is 0 Å². The Hall–Kier alpha value is -1.36. The lowest BCUT2D eigenvalue weighted by Crippen LogP contribution is -2.17. The summed E-state index contributed by atoms with van der Waals surface area (Å²) in [6.45, 7) is 3.28. The molecule has 1 amide bonds. The van der Waals surface area contributed by atoms with Gasteiger partial charge in [0.1, 0.15) is 6.10 Å². The van der Waals surface area contributed by atoms with Crippen molar-refractivity contribution < 1.29 is 14.3 Å². The Kier molecular flexibility index (Phi) is 3.19. The first kappa shape index (κ1) is 12.1. The number of Topliss-reactive ketones (excluding diaryl/α,β-unsaturated/α-hetero) is 1. The van der Waals surface area contributed by atoms with Gasteiger partial charge in [0, 0.05) is 4.47 Å². The van der Waals surface area contributed by atoms with Crippen molar-refractivity contribution in [2.24, 2.45) is 0 Å². The van der Waals surface area contributed by atoms with Gasteiger partial charge in [-0.05, 0) is 26.0 Å². The van der Waals surface area contributed by atoms with Crippen LogP contribution in [0, 0.1) is 0 Å². The number of carbonyl (C=O) groups excluding carboxylic acids is 2. The standard InChI is InChI=1S/C12H12BrNO3/c1-6-3-11(16)14-10-5-8(13)4-9(7(2)15)12(10)17-6/h4-6H,3H2,1-2H3,(H,14,16). The number of carbonyl (C=O) groups is 2. The van der Waals surface area contributed by atoms with Crippen LogP contribution in [0.4, 0.5) is 5.69 Å². The van der Waals surface area contributed by atoms with Crippen LogP contribution in [0.5, 0.6) is 5.75 Å². The predicted molar refractivity (Wildman–Crippen MR) is 67.5 cm³/mol. The summed E-state index contributed by atoms with van der Waals surface area (Å²) in [4.78, 5) is 23.1. The molecule has 0 radical (unpaired) electrons. The van der Waals surface area contributed by atoms with Gasteiger partial charge in [-0.3, -0.25) is 9.59 Å². The molecule has 2 rings (SSSR count). The number of ketones is 1. The fraction of sp³-hybridized carbons (Fsp3) is 0.333. The third-order valence-corrected chi connectivity index (χ3v) is 2.96. The van der Waals surface area contributed by atoms with Gasteiger partial charge in [-0.2, -0.15) is 0 Å². The van der Waals surface area contributed by atoms with E-state index in [0.29, 0.717) is 17.0 Å². The SMILES string of the molecule is CC(=O)c1cc(Br)cc2c1OC(C)CC(=O)N2. The molecule has 0 bridgehead atoms. The molecule has 0 fully saturated rings. The number of benzene rings is 1. The Morgan fingerprint density at radius 3 is 2.88 bits per heavy atom. The van der Waals surface area contributed by atoms with E-state index < -0.39 is 0 Å². The Morgan fingerprint density at radius 2 is 2.24 bits per heavy atom. The number of nitrogens with one attached hydrogen (secondary N) is 1. The average Bonchev–Trinajstić information content (AvgIpc) is 2.33. The first-order valence-electron chi connectivity index (χ1n) is 5.28. The molecule has 17 heavy (non-hydrogen) atoms. The molecule has 0 aliphatic carbocycles. The molecular formula is C12H12BrNO3. The van der Waals surface area contributed by atoms with Crippen molar-refractivity contribution in [2.45, 2.75) is 26.4 Å². The zero-order valence-corrected chi connectivity index (χ0v) is 11.1. The third-order valence-electron chi connectivity index (χ3n) is 2.50. The highest BCUT2D eigenvalue weighted by atomic mass is 79.9. The van der Waals surface area contributed by atoms with E-state index in [1.807, 2.05) is 0 Å². The maximum atomic E-state index is 11.6. The quantitative estimate of drug-likeness (QED) is 0.811. The molecule has 1 atom stereocenters. The molecule has 1 aliphatic rings. The molecule has 1 unspecified atom stereocenters. The zero-order chi connectivity index (χ0) is 12.6. The molecule has 1 heterocycles. The van der Waals surface area contributed by atoms with Crippen molar-refractivity contribution in [2.75, 3.05) is 5.32 Å². The first-order valence-corrected chi connectivity index (χ1v) is 6.07. The van der Waals surface area contributed by atoms with Gasteiger partial charge in [-0.15, -0.1) is 0 Å². The molecule has 0 spiro atoms. The Bertz CT molecular complexity index is 499. The van der Waals surface area contributed by atoms with Gasteiger partial charge in [0.25, 0.3) is 0 Å². The summed E-state index contributed by atoms with van der Waals surface area (Å²) < 4.78 is 6.39. The van der Waals surface area contributed by atoms with Crippen LogP contribution in [-0.4, -0.2) is 17.8 Å². The van der Waals surface area contributed by atoms with Crippen molar-refractivity contribution >= 4 is 33.3 Å². The monoisotopic (exact) mass is 297 g/mol. The summed E-state index contributed by atoms with van der Waals surface area (Å²) in [5.41, 5.74) is 1.02. The summed E-state index contributed by atoms with van der Waals surface area (Å²) in [5, 5.41) is 2.74. The Morgan fingerprint density at radius 1 is 1.53 bits per heavy atom. The van der Waals surface area contributed by atoms with Crippen molar-refractivity contribution in [3.05, 3.63) is 22.2 Å². The molecule has 1 aromatic carbocycles. The normalized spacial score (nSPS) is 18.8. The van der Waals surface area contributed by atoms with Crippen LogP contribution in [0.1, 0.15) is 30.6 Å². The molecular weight excluding hydrogens is 286 g/mol. The molecule has 4 nitrogen and oxygen atoms in total. The molecule has 1 aromatic rings. The van der Waals surface area contributed by atoms with E-state index in [0.717, 1.165) is 4.47 Å².